The second kappa shape index (κ2) is 7.51. The Kier molecular flexibility index (Phi) is 5.15. The summed E-state index contributed by atoms with van der Waals surface area (Å²) in [6.07, 6.45) is 3.12. The van der Waals surface area contributed by atoms with Crippen molar-refractivity contribution in [3.63, 3.8) is 0 Å². The van der Waals surface area contributed by atoms with Crippen molar-refractivity contribution < 1.29 is 4.79 Å². The first-order valence-electron chi connectivity index (χ1n) is 8.36. The van der Waals surface area contributed by atoms with Crippen LogP contribution in [0, 0.1) is 18.3 Å². The molecule has 0 atom stereocenters. The van der Waals surface area contributed by atoms with Crippen molar-refractivity contribution in [1.82, 2.24) is 4.98 Å². The molecule has 3 rings (SSSR count). The summed E-state index contributed by atoms with van der Waals surface area (Å²) in [5.41, 5.74) is 4.09. The molecule has 0 saturated carbocycles. The van der Waals surface area contributed by atoms with Gasteiger partial charge in [0.1, 0.15) is 11.1 Å². The summed E-state index contributed by atoms with van der Waals surface area (Å²) >= 11 is 1.42. The van der Waals surface area contributed by atoms with Gasteiger partial charge < -0.3 is 5.32 Å². The Morgan fingerprint density at radius 1 is 1.23 bits per heavy atom. The zero-order chi connectivity index (χ0) is 18.7. The van der Waals surface area contributed by atoms with E-state index in [1.165, 1.54) is 23.1 Å². The lowest BCUT2D eigenvalue weighted by Gasteiger charge is -2.08. The van der Waals surface area contributed by atoms with Crippen LogP contribution in [0.5, 0.6) is 0 Å². The van der Waals surface area contributed by atoms with Crippen LogP contribution in [-0.2, 0) is 0 Å². The summed E-state index contributed by atoms with van der Waals surface area (Å²) in [6.45, 7) is 6.27. The van der Waals surface area contributed by atoms with Crippen LogP contribution >= 0.6 is 11.3 Å². The first-order valence-corrected chi connectivity index (χ1v) is 9.18. The number of hydrogen-bond donors (Lipinski definition) is 1. The lowest BCUT2D eigenvalue weighted by Crippen LogP contribution is -2.11. The maximum absolute atomic E-state index is 12.4. The van der Waals surface area contributed by atoms with Crippen LogP contribution in [0.25, 0.3) is 11.1 Å². The van der Waals surface area contributed by atoms with Crippen LogP contribution in [-0.4, -0.2) is 10.9 Å². The highest BCUT2D eigenvalue weighted by molar-refractivity contribution is 7.17. The Morgan fingerprint density at radius 2 is 1.96 bits per heavy atom. The third-order valence-electron chi connectivity index (χ3n) is 4.21. The van der Waals surface area contributed by atoms with E-state index in [9.17, 15) is 10.1 Å². The van der Waals surface area contributed by atoms with Gasteiger partial charge in [0.2, 0.25) is 0 Å². The zero-order valence-corrected chi connectivity index (χ0v) is 15.7. The van der Waals surface area contributed by atoms with Gasteiger partial charge in [0, 0.05) is 22.8 Å². The normalized spacial score (nSPS) is 10.6. The number of nitriles is 1. The molecule has 1 N–H and O–H groups in total. The van der Waals surface area contributed by atoms with Gasteiger partial charge in [-0.1, -0.05) is 38.1 Å². The lowest BCUT2D eigenvalue weighted by atomic mass is 9.97. The van der Waals surface area contributed by atoms with E-state index in [1.54, 1.807) is 18.3 Å². The summed E-state index contributed by atoms with van der Waals surface area (Å²) in [5.74, 6) is 0.190. The molecule has 0 saturated heterocycles. The number of carbonyl (C=O) groups excluding carboxylic acids is 1. The average Bonchev–Trinajstić information content (AvgIpc) is 2.97. The molecule has 1 aromatic carbocycles. The van der Waals surface area contributed by atoms with E-state index in [-0.39, 0.29) is 5.91 Å². The summed E-state index contributed by atoms with van der Waals surface area (Å²) in [7, 11) is 0. The molecule has 4 nitrogen and oxygen atoms in total. The van der Waals surface area contributed by atoms with Crippen molar-refractivity contribution in [3.05, 3.63) is 70.4 Å². The number of amides is 1. The van der Waals surface area contributed by atoms with Crippen molar-refractivity contribution in [1.29, 1.82) is 5.26 Å². The number of aromatic nitrogens is 1. The molecule has 3 aromatic rings. The standard InChI is InChI=1S/C21H19N3OS/c1-13(2)15-6-8-16(9-7-15)19-14(3)26-21(18(19)11-22)24-20(25)17-5-4-10-23-12-17/h4-10,12-13H,1-3H3,(H,24,25). The molecule has 0 aliphatic rings. The molecule has 130 valence electrons. The second-order valence-corrected chi connectivity index (χ2v) is 7.55. The monoisotopic (exact) mass is 361 g/mol. The van der Waals surface area contributed by atoms with Crippen molar-refractivity contribution in [2.45, 2.75) is 26.7 Å². The largest absolute Gasteiger partial charge is 0.312 e. The van der Waals surface area contributed by atoms with Gasteiger partial charge in [-0.3, -0.25) is 9.78 Å². The van der Waals surface area contributed by atoms with Gasteiger partial charge in [0.05, 0.1) is 11.1 Å². The first kappa shape index (κ1) is 17.8. The topological polar surface area (TPSA) is 65.8 Å². The Bertz CT molecular complexity index is 967. The van der Waals surface area contributed by atoms with Gasteiger partial charge in [-0.05, 0) is 36.1 Å². The number of aryl methyl sites for hydroxylation is 1. The fourth-order valence-corrected chi connectivity index (χ4v) is 3.82. The molecule has 2 heterocycles. The van der Waals surface area contributed by atoms with Crippen molar-refractivity contribution >= 4 is 22.2 Å². The Morgan fingerprint density at radius 3 is 2.54 bits per heavy atom. The van der Waals surface area contributed by atoms with Gasteiger partial charge in [-0.15, -0.1) is 11.3 Å². The minimum absolute atomic E-state index is 0.266. The number of benzene rings is 1. The molecule has 1 amide bonds. The Balaban J connectivity index is 1.96. The van der Waals surface area contributed by atoms with E-state index in [0.717, 1.165) is 16.0 Å². The van der Waals surface area contributed by atoms with E-state index < -0.39 is 0 Å². The highest BCUT2D eigenvalue weighted by Gasteiger charge is 2.19. The molecule has 0 aliphatic carbocycles. The van der Waals surface area contributed by atoms with Crippen LogP contribution in [0.15, 0.2) is 48.8 Å². The quantitative estimate of drug-likeness (QED) is 0.680. The van der Waals surface area contributed by atoms with E-state index in [2.05, 4.69) is 42.4 Å². The first-order chi connectivity index (χ1) is 12.5. The molecule has 26 heavy (non-hydrogen) atoms. The molecule has 0 fully saturated rings. The molecule has 5 heteroatoms. The summed E-state index contributed by atoms with van der Waals surface area (Å²) in [5, 5.41) is 13.1. The van der Waals surface area contributed by atoms with Gasteiger partial charge in [-0.2, -0.15) is 5.26 Å². The van der Waals surface area contributed by atoms with E-state index in [1.807, 2.05) is 19.1 Å². The summed E-state index contributed by atoms with van der Waals surface area (Å²) in [4.78, 5) is 17.4. The SMILES string of the molecule is Cc1sc(NC(=O)c2cccnc2)c(C#N)c1-c1ccc(C(C)C)cc1. The maximum atomic E-state index is 12.4. The van der Waals surface area contributed by atoms with Crippen LogP contribution < -0.4 is 5.32 Å². The van der Waals surface area contributed by atoms with E-state index in [0.29, 0.717) is 22.0 Å². The van der Waals surface area contributed by atoms with Gasteiger partial charge >= 0.3 is 0 Å². The minimum atomic E-state index is -0.266. The number of hydrogen-bond acceptors (Lipinski definition) is 4. The maximum Gasteiger partial charge on any atom is 0.257 e. The molecule has 0 spiro atoms. The smallest absolute Gasteiger partial charge is 0.257 e. The van der Waals surface area contributed by atoms with Crippen molar-refractivity contribution in [2.75, 3.05) is 5.32 Å². The fraction of sp³-hybridized carbons (Fsp3) is 0.190. The van der Waals surface area contributed by atoms with Crippen molar-refractivity contribution in [2.24, 2.45) is 0 Å². The molecule has 0 aliphatic heterocycles. The molecule has 0 unspecified atom stereocenters. The Hall–Kier alpha value is -2.97. The molecular weight excluding hydrogens is 342 g/mol. The number of nitrogens with one attached hydrogen (secondary N) is 1. The third kappa shape index (κ3) is 3.51. The molecular formula is C21H19N3OS. The predicted octanol–water partition coefficient (Wildman–Crippen LogP) is 5.37. The summed E-state index contributed by atoms with van der Waals surface area (Å²) in [6, 6.07) is 13.9. The second-order valence-electron chi connectivity index (χ2n) is 6.32. The van der Waals surface area contributed by atoms with Crippen molar-refractivity contribution in [3.8, 4) is 17.2 Å². The van der Waals surface area contributed by atoms with Crippen LogP contribution in [0.1, 0.15) is 46.1 Å². The average molecular weight is 361 g/mol. The van der Waals surface area contributed by atoms with E-state index >= 15 is 0 Å². The number of carbonyl (C=O) groups is 1. The fourth-order valence-electron chi connectivity index (χ4n) is 2.79. The van der Waals surface area contributed by atoms with Gasteiger partial charge in [-0.25, -0.2) is 0 Å². The number of anilines is 1. The lowest BCUT2D eigenvalue weighted by molar-refractivity contribution is 0.102. The van der Waals surface area contributed by atoms with Crippen LogP contribution in [0.4, 0.5) is 5.00 Å². The number of pyridine rings is 1. The summed E-state index contributed by atoms with van der Waals surface area (Å²) < 4.78 is 0. The minimum Gasteiger partial charge on any atom is -0.312 e. The van der Waals surface area contributed by atoms with Crippen LogP contribution in [0.3, 0.4) is 0 Å². The molecule has 0 bridgehead atoms. The van der Waals surface area contributed by atoms with Crippen LogP contribution in [0.2, 0.25) is 0 Å². The number of thiophene rings is 1. The number of nitrogens with zero attached hydrogens (tertiary/aromatic N) is 2. The van der Waals surface area contributed by atoms with Gasteiger partial charge in [0.25, 0.3) is 5.91 Å². The Labute approximate surface area is 157 Å². The highest BCUT2D eigenvalue weighted by atomic mass is 32.1. The highest BCUT2D eigenvalue weighted by Crippen LogP contribution is 2.39. The predicted molar refractivity (Wildman–Crippen MR) is 105 cm³/mol. The third-order valence-corrected chi connectivity index (χ3v) is 5.23. The van der Waals surface area contributed by atoms with E-state index in [4.69, 9.17) is 0 Å². The number of rotatable bonds is 4. The molecule has 2 aromatic heterocycles. The zero-order valence-electron chi connectivity index (χ0n) is 14.9. The molecule has 0 radical (unpaired) electrons. The van der Waals surface area contributed by atoms with Gasteiger partial charge in [0.15, 0.2) is 0 Å².